The number of rotatable bonds is 4. The Morgan fingerprint density at radius 1 is 1.33 bits per heavy atom. The van der Waals surface area contributed by atoms with Crippen molar-refractivity contribution in [2.24, 2.45) is 4.40 Å². The highest BCUT2D eigenvalue weighted by Gasteiger charge is 2.18. The molecule has 0 amide bonds. The van der Waals surface area contributed by atoms with Crippen LogP contribution in [0, 0.1) is 0 Å². The Balaban J connectivity index is 2.91. The van der Waals surface area contributed by atoms with Gasteiger partial charge in [-0.15, -0.1) is 0 Å². The molecule has 0 N–H and O–H groups in total. The van der Waals surface area contributed by atoms with Crippen molar-refractivity contribution in [2.75, 3.05) is 0 Å². The van der Waals surface area contributed by atoms with Gasteiger partial charge in [-0.05, 0) is 32.9 Å². The SMILES string of the molecule is CC(C)(C)[S@](=O)N=Cc1ccccc1OC(F)F. The second-order valence-corrected chi connectivity index (χ2v) is 6.45. The van der Waals surface area contributed by atoms with Gasteiger partial charge in [-0.2, -0.15) is 13.2 Å². The van der Waals surface area contributed by atoms with Crippen LogP contribution in [0.2, 0.25) is 0 Å². The maximum Gasteiger partial charge on any atom is 0.387 e. The van der Waals surface area contributed by atoms with Gasteiger partial charge in [0, 0.05) is 11.8 Å². The summed E-state index contributed by atoms with van der Waals surface area (Å²) in [6, 6.07) is 6.23. The topological polar surface area (TPSA) is 38.7 Å². The van der Waals surface area contributed by atoms with Crippen molar-refractivity contribution in [1.29, 1.82) is 0 Å². The summed E-state index contributed by atoms with van der Waals surface area (Å²) in [5, 5.41) is 0. The molecule has 18 heavy (non-hydrogen) atoms. The molecule has 0 radical (unpaired) electrons. The number of nitrogens with zero attached hydrogens (tertiary/aromatic N) is 1. The van der Waals surface area contributed by atoms with Crippen LogP contribution in [0.4, 0.5) is 8.78 Å². The normalized spacial score (nSPS) is 14.1. The molecule has 0 spiro atoms. The van der Waals surface area contributed by atoms with Crippen molar-refractivity contribution < 1.29 is 17.7 Å². The number of benzene rings is 1. The molecule has 0 aliphatic heterocycles. The highest BCUT2D eigenvalue weighted by atomic mass is 32.2. The second kappa shape index (κ2) is 6.04. The number of hydrogen-bond acceptors (Lipinski definition) is 2. The fourth-order valence-corrected chi connectivity index (χ4v) is 1.58. The Morgan fingerprint density at radius 2 is 1.94 bits per heavy atom. The van der Waals surface area contributed by atoms with E-state index in [-0.39, 0.29) is 5.75 Å². The van der Waals surface area contributed by atoms with E-state index in [1.54, 1.807) is 39.0 Å². The van der Waals surface area contributed by atoms with Gasteiger partial charge in [-0.25, -0.2) is 4.21 Å². The summed E-state index contributed by atoms with van der Waals surface area (Å²) in [5.41, 5.74) is 0.371. The van der Waals surface area contributed by atoms with Crippen LogP contribution < -0.4 is 4.74 Å². The standard InChI is InChI=1S/C12H15F2NO2S/c1-12(2,3)18(16)15-8-9-6-4-5-7-10(9)17-11(13)14/h4-8,11H,1-3H3/t18-/m0/s1. The molecule has 0 heterocycles. The lowest BCUT2D eigenvalue weighted by Gasteiger charge is -2.13. The van der Waals surface area contributed by atoms with Gasteiger partial charge < -0.3 is 4.74 Å². The maximum atomic E-state index is 12.2. The van der Waals surface area contributed by atoms with Gasteiger partial charge >= 0.3 is 6.61 Å². The Kier molecular flexibility index (Phi) is 4.95. The van der Waals surface area contributed by atoms with Crippen LogP contribution in [-0.4, -0.2) is 21.8 Å². The molecule has 0 unspecified atom stereocenters. The summed E-state index contributed by atoms with van der Waals surface area (Å²) in [6.45, 7) is 2.44. The number of para-hydroxylation sites is 1. The lowest BCUT2D eigenvalue weighted by Crippen LogP contribution is -2.19. The van der Waals surface area contributed by atoms with E-state index in [9.17, 15) is 13.0 Å². The molecule has 1 atom stereocenters. The monoisotopic (exact) mass is 275 g/mol. The van der Waals surface area contributed by atoms with Crippen LogP contribution in [-0.2, 0) is 11.0 Å². The van der Waals surface area contributed by atoms with Crippen LogP contribution in [0.1, 0.15) is 26.3 Å². The molecule has 0 aromatic heterocycles. The Bertz CT molecular complexity index is 456. The third kappa shape index (κ3) is 4.52. The molecule has 1 aromatic carbocycles. The first-order valence-corrected chi connectivity index (χ1v) is 6.41. The number of halogens is 2. The highest BCUT2D eigenvalue weighted by molar-refractivity contribution is 7.85. The van der Waals surface area contributed by atoms with E-state index >= 15 is 0 Å². The summed E-state index contributed by atoms with van der Waals surface area (Å²) < 4.78 is 43.7. The van der Waals surface area contributed by atoms with Gasteiger partial charge in [-0.3, -0.25) is 0 Å². The minimum absolute atomic E-state index is 0.0159. The van der Waals surface area contributed by atoms with Crippen molar-refractivity contribution in [1.82, 2.24) is 0 Å². The van der Waals surface area contributed by atoms with E-state index in [4.69, 9.17) is 0 Å². The zero-order valence-electron chi connectivity index (χ0n) is 10.4. The fraction of sp³-hybridized carbons (Fsp3) is 0.417. The summed E-state index contributed by atoms with van der Waals surface area (Å²) in [5.74, 6) is 0.0159. The molecule has 3 nitrogen and oxygen atoms in total. The van der Waals surface area contributed by atoms with Crippen molar-refractivity contribution in [3.63, 3.8) is 0 Å². The first-order valence-electron chi connectivity index (χ1n) is 5.30. The van der Waals surface area contributed by atoms with Crippen LogP contribution in [0.25, 0.3) is 0 Å². The van der Waals surface area contributed by atoms with Crippen LogP contribution in [0.15, 0.2) is 28.7 Å². The van der Waals surface area contributed by atoms with E-state index in [2.05, 4.69) is 9.13 Å². The molecule has 0 fully saturated rings. The first-order chi connectivity index (χ1) is 8.30. The second-order valence-electron chi connectivity index (χ2n) is 4.51. The number of ether oxygens (including phenoxy) is 1. The predicted octanol–water partition coefficient (Wildman–Crippen LogP) is 3.17. The van der Waals surface area contributed by atoms with Gasteiger partial charge in [0.05, 0.1) is 4.75 Å². The minimum atomic E-state index is -2.90. The minimum Gasteiger partial charge on any atom is -0.434 e. The van der Waals surface area contributed by atoms with Gasteiger partial charge in [0.25, 0.3) is 0 Å². The number of alkyl halides is 2. The molecule has 0 aliphatic carbocycles. The molecule has 0 aliphatic rings. The van der Waals surface area contributed by atoms with Crippen LogP contribution in [0.3, 0.4) is 0 Å². The fourth-order valence-electron chi connectivity index (χ4n) is 1.05. The van der Waals surface area contributed by atoms with Gasteiger partial charge in [-0.1, -0.05) is 12.1 Å². The van der Waals surface area contributed by atoms with Crippen LogP contribution >= 0.6 is 0 Å². The zero-order chi connectivity index (χ0) is 13.8. The molecule has 6 heteroatoms. The van der Waals surface area contributed by atoms with Crippen molar-refractivity contribution in [2.45, 2.75) is 32.1 Å². The van der Waals surface area contributed by atoms with Crippen molar-refractivity contribution >= 4 is 17.2 Å². The van der Waals surface area contributed by atoms with Crippen LogP contribution in [0.5, 0.6) is 5.75 Å². The summed E-state index contributed by atoms with van der Waals surface area (Å²) in [6.07, 6.45) is 1.29. The highest BCUT2D eigenvalue weighted by Crippen LogP contribution is 2.19. The molecule has 0 saturated carbocycles. The maximum absolute atomic E-state index is 12.2. The van der Waals surface area contributed by atoms with E-state index in [1.807, 2.05) is 0 Å². The lowest BCUT2D eigenvalue weighted by atomic mass is 10.2. The smallest absolute Gasteiger partial charge is 0.387 e. The van der Waals surface area contributed by atoms with E-state index in [0.29, 0.717) is 5.56 Å². The summed E-state index contributed by atoms with van der Waals surface area (Å²) in [7, 11) is -1.43. The molecular formula is C12H15F2NO2S. The van der Waals surface area contributed by atoms with E-state index in [0.717, 1.165) is 0 Å². The average Bonchev–Trinajstić information content (AvgIpc) is 2.25. The Morgan fingerprint density at radius 3 is 2.50 bits per heavy atom. The number of hydrogen-bond donors (Lipinski definition) is 0. The molecule has 0 bridgehead atoms. The quantitative estimate of drug-likeness (QED) is 0.792. The Labute approximate surface area is 107 Å². The third-order valence-electron chi connectivity index (χ3n) is 1.95. The summed E-state index contributed by atoms with van der Waals surface area (Å²) in [4.78, 5) is 0. The lowest BCUT2D eigenvalue weighted by molar-refractivity contribution is -0.0499. The van der Waals surface area contributed by atoms with Crippen molar-refractivity contribution in [3.8, 4) is 5.75 Å². The predicted molar refractivity (Wildman–Crippen MR) is 68.6 cm³/mol. The first kappa shape index (κ1) is 14.8. The van der Waals surface area contributed by atoms with Crippen molar-refractivity contribution in [3.05, 3.63) is 29.8 Å². The molecule has 1 rings (SSSR count). The van der Waals surface area contributed by atoms with E-state index < -0.39 is 22.3 Å². The molecular weight excluding hydrogens is 260 g/mol. The average molecular weight is 275 g/mol. The largest absolute Gasteiger partial charge is 0.434 e. The molecule has 1 aromatic rings. The summed E-state index contributed by atoms with van der Waals surface area (Å²) >= 11 is 0. The van der Waals surface area contributed by atoms with Gasteiger partial charge in [0.2, 0.25) is 0 Å². The third-order valence-corrected chi connectivity index (χ3v) is 3.29. The molecule has 100 valence electrons. The molecule has 0 saturated heterocycles. The van der Waals surface area contributed by atoms with Gasteiger partial charge in [0.15, 0.2) is 0 Å². The Hall–Kier alpha value is -1.30. The van der Waals surface area contributed by atoms with Gasteiger partial charge in [0.1, 0.15) is 16.7 Å². The zero-order valence-corrected chi connectivity index (χ0v) is 11.2. The van der Waals surface area contributed by atoms with E-state index in [1.165, 1.54) is 12.3 Å².